The molecule has 3 rings (SSSR count). The van der Waals surface area contributed by atoms with Gasteiger partial charge in [0.05, 0.1) is 11.5 Å². The van der Waals surface area contributed by atoms with E-state index in [1.807, 2.05) is 24.3 Å². The lowest BCUT2D eigenvalue weighted by Gasteiger charge is -2.29. The van der Waals surface area contributed by atoms with Gasteiger partial charge in [-0.3, -0.25) is 4.79 Å². The molecule has 144 valence electrons. The van der Waals surface area contributed by atoms with E-state index in [1.165, 1.54) is 5.56 Å². The number of sulfone groups is 1. The molecule has 0 aromatic heterocycles. The maximum absolute atomic E-state index is 13.1. The first-order valence-electron chi connectivity index (χ1n) is 9.11. The van der Waals surface area contributed by atoms with E-state index < -0.39 is 9.84 Å². The summed E-state index contributed by atoms with van der Waals surface area (Å²) in [4.78, 5) is 14.9. The summed E-state index contributed by atoms with van der Waals surface area (Å²) in [6.45, 7) is 4.69. The minimum atomic E-state index is -3.07. The lowest BCUT2D eigenvalue weighted by Crippen LogP contribution is -2.40. The van der Waals surface area contributed by atoms with Gasteiger partial charge < -0.3 is 4.90 Å². The monoisotopic (exact) mass is 449 g/mol. The standard InChI is InChI=1S/C21H24BrNO3S/c1-15(2)17-5-3-16(4-6-17)13-23(20-11-12-27(25,26)14-20)21(24)18-7-9-19(22)10-8-18/h3-10,15,20H,11-14H2,1-2H3. The smallest absolute Gasteiger partial charge is 0.254 e. The van der Waals surface area contributed by atoms with Gasteiger partial charge in [0.25, 0.3) is 5.91 Å². The van der Waals surface area contributed by atoms with Gasteiger partial charge in [-0.1, -0.05) is 54.0 Å². The molecule has 0 saturated carbocycles. The van der Waals surface area contributed by atoms with Crippen molar-refractivity contribution in [3.8, 4) is 0 Å². The fourth-order valence-corrected chi connectivity index (χ4v) is 5.35. The molecule has 0 spiro atoms. The van der Waals surface area contributed by atoms with Crippen LogP contribution in [0.3, 0.4) is 0 Å². The molecular formula is C21H24BrNO3S. The van der Waals surface area contributed by atoms with E-state index in [0.29, 0.717) is 24.4 Å². The first kappa shape index (κ1) is 20.1. The van der Waals surface area contributed by atoms with Gasteiger partial charge in [0.15, 0.2) is 9.84 Å². The predicted octanol–water partition coefficient (Wildman–Crippen LogP) is 4.40. The molecule has 1 atom stereocenters. The van der Waals surface area contributed by atoms with E-state index in [-0.39, 0.29) is 23.5 Å². The number of halogens is 1. The van der Waals surface area contributed by atoms with Crippen LogP contribution in [0, 0.1) is 0 Å². The maximum atomic E-state index is 13.1. The van der Waals surface area contributed by atoms with Gasteiger partial charge in [-0.15, -0.1) is 0 Å². The second kappa shape index (κ2) is 8.15. The van der Waals surface area contributed by atoms with Gasteiger partial charge in [-0.05, 0) is 47.7 Å². The van der Waals surface area contributed by atoms with Crippen LogP contribution in [0.2, 0.25) is 0 Å². The summed E-state index contributed by atoms with van der Waals surface area (Å²) in [5.41, 5.74) is 2.82. The molecule has 0 bridgehead atoms. The van der Waals surface area contributed by atoms with E-state index >= 15 is 0 Å². The van der Waals surface area contributed by atoms with E-state index in [0.717, 1.165) is 10.0 Å². The molecule has 1 fully saturated rings. The number of benzene rings is 2. The van der Waals surface area contributed by atoms with Gasteiger partial charge in [0.1, 0.15) is 0 Å². The molecule has 1 amide bonds. The molecule has 1 unspecified atom stereocenters. The van der Waals surface area contributed by atoms with Crippen LogP contribution in [0.5, 0.6) is 0 Å². The number of hydrogen-bond donors (Lipinski definition) is 0. The van der Waals surface area contributed by atoms with Crippen molar-refractivity contribution in [2.45, 2.75) is 38.8 Å². The summed E-state index contributed by atoms with van der Waals surface area (Å²) in [5, 5.41) is 0. The molecule has 2 aromatic carbocycles. The van der Waals surface area contributed by atoms with Crippen LogP contribution in [0.1, 0.15) is 47.7 Å². The third-order valence-electron chi connectivity index (χ3n) is 5.00. The molecule has 2 aromatic rings. The number of rotatable bonds is 5. The van der Waals surface area contributed by atoms with Crippen LogP contribution in [-0.4, -0.2) is 36.8 Å². The normalized spacial score (nSPS) is 18.6. The molecule has 0 N–H and O–H groups in total. The fourth-order valence-electron chi connectivity index (χ4n) is 3.35. The predicted molar refractivity (Wildman–Crippen MR) is 112 cm³/mol. The summed E-state index contributed by atoms with van der Waals surface area (Å²) in [5.74, 6) is 0.505. The van der Waals surface area contributed by atoms with Crippen LogP contribution in [0.15, 0.2) is 53.0 Å². The van der Waals surface area contributed by atoms with Crippen LogP contribution in [0.25, 0.3) is 0 Å². The van der Waals surface area contributed by atoms with Crippen molar-refractivity contribution in [3.05, 3.63) is 69.7 Å². The minimum Gasteiger partial charge on any atom is -0.330 e. The number of carbonyl (C=O) groups is 1. The van der Waals surface area contributed by atoms with Gasteiger partial charge in [-0.25, -0.2) is 8.42 Å². The Labute approximate surface area is 169 Å². The molecule has 1 heterocycles. The maximum Gasteiger partial charge on any atom is 0.254 e. The third kappa shape index (κ3) is 4.99. The van der Waals surface area contributed by atoms with Gasteiger partial charge in [-0.2, -0.15) is 0 Å². The Morgan fingerprint density at radius 3 is 2.26 bits per heavy atom. The quantitative estimate of drug-likeness (QED) is 0.679. The fraction of sp³-hybridized carbons (Fsp3) is 0.381. The first-order chi connectivity index (χ1) is 12.7. The highest BCUT2D eigenvalue weighted by molar-refractivity contribution is 9.10. The topological polar surface area (TPSA) is 54.5 Å². The van der Waals surface area contributed by atoms with E-state index in [9.17, 15) is 13.2 Å². The molecule has 4 nitrogen and oxygen atoms in total. The Kier molecular flexibility index (Phi) is 6.06. The Morgan fingerprint density at radius 2 is 1.74 bits per heavy atom. The van der Waals surface area contributed by atoms with Crippen LogP contribution >= 0.6 is 15.9 Å². The highest BCUT2D eigenvalue weighted by Gasteiger charge is 2.35. The van der Waals surface area contributed by atoms with Gasteiger partial charge >= 0.3 is 0 Å². The summed E-state index contributed by atoms with van der Waals surface area (Å²) in [7, 11) is -3.07. The van der Waals surface area contributed by atoms with Crippen molar-refractivity contribution in [3.63, 3.8) is 0 Å². The SMILES string of the molecule is CC(C)c1ccc(CN(C(=O)c2ccc(Br)cc2)C2CCS(=O)(=O)C2)cc1. The number of hydrogen-bond acceptors (Lipinski definition) is 3. The van der Waals surface area contributed by atoms with Crippen molar-refractivity contribution < 1.29 is 13.2 Å². The zero-order valence-corrected chi connectivity index (χ0v) is 18.0. The molecule has 1 saturated heterocycles. The average Bonchev–Trinajstić information content (AvgIpc) is 2.99. The average molecular weight is 450 g/mol. The van der Waals surface area contributed by atoms with E-state index in [4.69, 9.17) is 0 Å². The highest BCUT2D eigenvalue weighted by atomic mass is 79.9. The summed E-state index contributed by atoms with van der Waals surface area (Å²) in [6, 6.07) is 15.1. The van der Waals surface area contributed by atoms with Gasteiger partial charge in [0.2, 0.25) is 0 Å². The van der Waals surface area contributed by atoms with Crippen LogP contribution in [-0.2, 0) is 16.4 Å². The van der Waals surface area contributed by atoms with E-state index in [2.05, 4.69) is 41.9 Å². The zero-order valence-electron chi connectivity index (χ0n) is 15.6. The molecular weight excluding hydrogens is 426 g/mol. The number of carbonyl (C=O) groups excluding carboxylic acids is 1. The molecule has 27 heavy (non-hydrogen) atoms. The summed E-state index contributed by atoms with van der Waals surface area (Å²) < 4.78 is 24.9. The van der Waals surface area contributed by atoms with Crippen molar-refractivity contribution in [1.82, 2.24) is 4.90 Å². The summed E-state index contributed by atoms with van der Waals surface area (Å²) >= 11 is 3.38. The molecule has 6 heteroatoms. The van der Waals surface area contributed by atoms with Crippen molar-refractivity contribution in [2.24, 2.45) is 0 Å². The van der Waals surface area contributed by atoms with Crippen molar-refractivity contribution >= 4 is 31.7 Å². The lowest BCUT2D eigenvalue weighted by atomic mass is 10.0. The van der Waals surface area contributed by atoms with Gasteiger partial charge in [0, 0.05) is 22.6 Å². The Bertz CT molecular complexity index is 905. The van der Waals surface area contributed by atoms with Crippen LogP contribution in [0.4, 0.5) is 0 Å². The number of amides is 1. The van der Waals surface area contributed by atoms with E-state index in [1.54, 1.807) is 17.0 Å². The Hall–Kier alpha value is -1.66. The second-order valence-corrected chi connectivity index (χ2v) is 10.5. The Morgan fingerprint density at radius 1 is 1.11 bits per heavy atom. The summed E-state index contributed by atoms with van der Waals surface area (Å²) in [6.07, 6.45) is 0.495. The number of nitrogens with zero attached hydrogens (tertiary/aromatic N) is 1. The second-order valence-electron chi connectivity index (χ2n) is 7.39. The van der Waals surface area contributed by atoms with Crippen LogP contribution < -0.4 is 0 Å². The Balaban J connectivity index is 1.87. The molecule has 0 aliphatic carbocycles. The third-order valence-corrected chi connectivity index (χ3v) is 7.28. The largest absolute Gasteiger partial charge is 0.330 e. The minimum absolute atomic E-state index is 0.0410. The molecule has 1 aliphatic rings. The van der Waals surface area contributed by atoms with Crippen molar-refractivity contribution in [1.29, 1.82) is 0 Å². The molecule has 0 radical (unpaired) electrons. The highest BCUT2D eigenvalue weighted by Crippen LogP contribution is 2.24. The zero-order chi connectivity index (χ0) is 19.6. The van der Waals surface area contributed by atoms with Crippen molar-refractivity contribution in [2.75, 3.05) is 11.5 Å². The lowest BCUT2D eigenvalue weighted by molar-refractivity contribution is 0.0681. The molecule has 1 aliphatic heterocycles. The first-order valence-corrected chi connectivity index (χ1v) is 11.7.